The molecule has 0 spiro atoms. The van der Waals surface area contributed by atoms with Crippen LogP contribution in [-0.2, 0) is 4.84 Å². The van der Waals surface area contributed by atoms with E-state index in [0.29, 0.717) is 6.61 Å². The predicted molar refractivity (Wildman–Crippen MR) is 58.1 cm³/mol. The number of ether oxygens (including phenoxy) is 2. The first kappa shape index (κ1) is 11.8. The second-order valence-electron chi connectivity index (χ2n) is 3.32. The predicted octanol–water partition coefficient (Wildman–Crippen LogP) is 1.70. The van der Waals surface area contributed by atoms with Crippen LogP contribution in [0, 0.1) is 0 Å². The van der Waals surface area contributed by atoms with Crippen molar-refractivity contribution < 1.29 is 14.3 Å². The zero-order valence-electron chi connectivity index (χ0n) is 9.32. The lowest BCUT2D eigenvalue weighted by Crippen LogP contribution is -2.10. The molecule has 0 aliphatic heterocycles. The molecule has 0 saturated carbocycles. The first-order valence-corrected chi connectivity index (χ1v) is 4.77. The third-order valence-corrected chi connectivity index (χ3v) is 2.31. The average Bonchev–Trinajstić information content (AvgIpc) is 2.28. The van der Waals surface area contributed by atoms with Gasteiger partial charge in [-0.05, 0) is 6.07 Å². The fraction of sp³-hybridized carbons (Fsp3) is 0.455. The molecule has 0 bridgehead atoms. The van der Waals surface area contributed by atoms with E-state index in [1.807, 2.05) is 25.1 Å². The molecule has 4 nitrogen and oxygen atoms in total. The van der Waals surface area contributed by atoms with Gasteiger partial charge in [-0.15, -0.1) is 0 Å². The van der Waals surface area contributed by atoms with Crippen molar-refractivity contribution in [3.05, 3.63) is 23.8 Å². The molecule has 84 valence electrons. The molecule has 15 heavy (non-hydrogen) atoms. The SMILES string of the molecule is COc1cccc(C(C)CON)c1OC. The fourth-order valence-electron chi connectivity index (χ4n) is 1.53. The molecule has 1 unspecified atom stereocenters. The van der Waals surface area contributed by atoms with E-state index in [4.69, 9.17) is 15.4 Å². The minimum absolute atomic E-state index is 0.167. The normalized spacial score (nSPS) is 12.3. The van der Waals surface area contributed by atoms with E-state index in [2.05, 4.69) is 4.84 Å². The van der Waals surface area contributed by atoms with Crippen molar-refractivity contribution in [2.45, 2.75) is 12.8 Å². The molecular formula is C11H17NO3. The van der Waals surface area contributed by atoms with Crippen molar-refractivity contribution in [2.24, 2.45) is 5.90 Å². The van der Waals surface area contributed by atoms with Gasteiger partial charge in [0.2, 0.25) is 0 Å². The lowest BCUT2D eigenvalue weighted by atomic mass is 10.0. The average molecular weight is 211 g/mol. The molecule has 0 heterocycles. The Morgan fingerprint density at radius 3 is 2.53 bits per heavy atom. The molecule has 0 saturated heterocycles. The van der Waals surface area contributed by atoms with Crippen LogP contribution in [0.15, 0.2) is 18.2 Å². The standard InChI is InChI=1S/C11H17NO3/c1-8(7-15-12)9-5-4-6-10(13-2)11(9)14-3/h4-6,8H,7,12H2,1-3H3. The summed E-state index contributed by atoms with van der Waals surface area (Å²) in [6, 6.07) is 5.76. The Morgan fingerprint density at radius 1 is 1.27 bits per heavy atom. The van der Waals surface area contributed by atoms with Gasteiger partial charge in [-0.1, -0.05) is 19.1 Å². The summed E-state index contributed by atoms with van der Waals surface area (Å²) >= 11 is 0. The summed E-state index contributed by atoms with van der Waals surface area (Å²) in [4.78, 5) is 4.63. The number of para-hydroxylation sites is 1. The molecule has 2 N–H and O–H groups in total. The summed E-state index contributed by atoms with van der Waals surface area (Å²) in [5, 5.41) is 0. The first-order chi connectivity index (χ1) is 7.24. The van der Waals surface area contributed by atoms with Crippen LogP contribution < -0.4 is 15.4 Å². The summed E-state index contributed by atoms with van der Waals surface area (Å²) in [5.41, 5.74) is 1.03. The van der Waals surface area contributed by atoms with Crippen LogP contribution in [-0.4, -0.2) is 20.8 Å². The van der Waals surface area contributed by atoms with Gasteiger partial charge in [-0.3, -0.25) is 0 Å². The summed E-state index contributed by atoms with van der Waals surface area (Å²) in [7, 11) is 3.24. The van der Waals surface area contributed by atoms with E-state index in [-0.39, 0.29) is 5.92 Å². The Morgan fingerprint density at radius 2 is 2.00 bits per heavy atom. The van der Waals surface area contributed by atoms with Crippen molar-refractivity contribution in [3.63, 3.8) is 0 Å². The molecule has 1 aromatic carbocycles. The smallest absolute Gasteiger partial charge is 0.164 e. The molecule has 0 aliphatic carbocycles. The summed E-state index contributed by atoms with van der Waals surface area (Å²) < 4.78 is 10.5. The van der Waals surface area contributed by atoms with E-state index >= 15 is 0 Å². The van der Waals surface area contributed by atoms with Gasteiger partial charge in [0.05, 0.1) is 20.8 Å². The molecule has 0 fully saturated rings. The number of hydrogen-bond donors (Lipinski definition) is 1. The molecule has 0 aromatic heterocycles. The van der Waals surface area contributed by atoms with Crippen LogP contribution in [0.4, 0.5) is 0 Å². The maximum atomic E-state index is 5.31. The number of hydrogen-bond acceptors (Lipinski definition) is 4. The topological polar surface area (TPSA) is 53.7 Å². The zero-order chi connectivity index (χ0) is 11.3. The molecule has 0 radical (unpaired) electrons. The van der Waals surface area contributed by atoms with Crippen LogP contribution in [0.2, 0.25) is 0 Å². The minimum atomic E-state index is 0.167. The van der Waals surface area contributed by atoms with Crippen LogP contribution >= 0.6 is 0 Å². The fourth-order valence-corrected chi connectivity index (χ4v) is 1.53. The lowest BCUT2D eigenvalue weighted by Gasteiger charge is -2.16. The van der Waals surface area contributed by atoms with Crippen molar-refractivity contribution >= 4 is 0 Å². The molecule has 1 aromatic rings. The highest BCUT2D eigenvalue weighted by atomic mass is 16.6. The zero-order valence-corrected chi connectivity index (χ0v) is 9.32. The second-order valence-corrected chi connectivity index (χ2v) is 3.32. The maximum Gasteiger partial charge on any atom is 0.164 e. The van der Waals surface area contributed by atoms with Crippen molar-refractivity contribution in [3.8, 4) is 11.5 Å². The van der Waals surface area contributed by atoms with Crippen LogP contribution in [0.25, 0.3) is 0 Å². The third-order valence-electron chi connectivity index (χ3n) is 2.31. The Kier molecular flexibility index (Phi) is 4.39. The molecule has 0 aliphatic rings. The number of methoxy groups -OCH3 is 2. The molecule has 4 heteroatoms. The van der Waals surface area contributed by atoms with E-state index in [1.165, 1.54) is 0 Å². The molecule has 1 atom stereocenters. The van der Waals surface area contributed by atoms with E-state index in [0.717, 1.165) is 17.1 Å². The Labute approximate surface area is 89.9 Å². The molecule has 1 rings (SSSR count). The van der Waals surface area contributed by atoms with Gasteiger partial charge >= 0.3 is 0 Å². The summed E-state index contributed by atoms with van der Waals surface area (Å²) in [6.07, 6.45) is 0. The van der Waals surface area contributed by atoms with Crippen molar-refractivity contribution in [1.29, 1.82) is 0 Å². The van der Waals surface area contributed by atoms with Gasteiger partial charge in [0.1, 0.15) is 0 Å². The van der Waals surface area contributed by atoms with Crippen LogP contribution in [0.1, 0.15) is 18.4 Å². The highest BCUT2D eigenvalue weighted by Crippen LogP contribution is 2.35. The lowest BCUT2D eigenvalue weighted by molar-refractivity contribution is 0.126. The summed E-state index contributed by atoms with van der Waals surface area (Å²) in [6.45, 7) is 2.47. The quantitative estimate of drug-likeness (QED) is 0.753. The minimum Gasteiger partial charge on any atom is -0.493 e. The molecule has 0 amide bonds. The number of benzene rings is 1. The Hall–Kier alpha value is -1.26. The highest BCUT2D eigenvalue weighted by Gasteiger charge is 2.15. The third kappa shape index (κ3) is 2.61. The maximum absolute atomic E-state index is 5.31. The summed E-state index contributed by atoms with van der Waals surface area (Å²) in [5.74, 6) is 6.69. The van der Waals surface area contributed by atoms with E-state index < -0.39 is 0 Å². The van der Waals surface area contributed by atoms with Crippen molar-refractivity contribution in [1.82, 2.24) is 0 Å². The Bertz CT molecular complexity index is 315. The van der Waals surface area contributed by atoms with Crippen LogP contribution in [0.5, 0.6) is 11.5 Å². The van der Waals surface area contributed by atoms with Gasteiger partial charge < -0.3 is 14.3 Å². The molecular weight excluding hydrogens is 194 g/mol. The van der Waals surface area contributed by atoms with E-state index in [1.54, 1.807) is 14.2 Å². The van der Waals surface area contributed by atoms with Gasteiger partial charge in [-0.2, -0.15) is 0 Å². The van der Waals surface area contributed by atoms with Gasteiger partial charge in [0.15, 0.2) is 11.5 Å². The Balaban J connectivity index is 3.05. The monoisotopic (exact) mass is 211 g/mol. The van der Waals surface area contributed by atoms with Gasteiger partial charge in [0.25, 0.3) is 0 Å². The van der Waals surface area contributed by atoms with Crippen LogP contribution in [0.3, 0.4) is 0 Å². The first-order valence-electron chi connectivity index (χ1n) is 4.77. The van der Waals surface area contributed by atoms with Gasteiger partial charge in [0, 0.05) is 11.5 Å². The van der Waals surface area contributed by atoms with E-state index in [9.17, 15) is 0 Å². The largest absolute Gasteiger partial charge is 0.493 e. The second kappa shape index (κ2) is 5.58. The number of nitrogens with two attached hydrogens (primary N) is 1. The number of rotatable bonds is 5. The van der Waals surface area contributed by atoms with Crippen molar-refractivity contribution in [2.75, 3.05) is 20.8 Å². The highest BCUT2D eigenvalue weighted by molar-refractivity contribution is 5.48. The van der Waals surface area contributed by atoms with Gasteiger partial charge in [-0.25, -0.2) is 5.90 Å².